The molecule has 1 aliphatic heterocycles. The van der Waals surface area contributed by atoms with Crippen molar-refractivity contribution < 1.29 is 9.59 Å². The predicted octanol–water partition coefficient (Wildman–Crippen LogP) is 3.47. The van der Waals surface area contributed by atoms with Crippen LogP contribution < -0.4 is 4.90 Å². The van der Waals surface area contributed by atoms with E-state index in [0.29, 0.717) is 36.2 Å². The zero-order chi connectivity index (χ0) is 14.8. The molecule has 4 nitrogen and oxygen atoms in total. The van der Waals surface area contributed by atoms with Crippen LogP contribution in [0.15, 0.2) is 47.2 Å². The molecule has 5 heteroatoms. The predicted molar refractivity (Wildman–Crippen MR) is 83.6 cm³/mol. The van der Waals surface area contributed by atoms with E-state index >= 15 is 0 Å². The monoisotopic (exact) mass is 344 g/mol. The van der Waals surface area contributed by atoms with E-state index in [-0.39, 0.29) is 11.7 Å². The Kier molecular flexibility index (Phi) is 3.84. The van der Waals surface area contributed by atoms with Crippen LogP contribution in [0, 0.1) is 0 Å². The molecule has 0 unspecified atom stereocenters. The molecule has 21 heavy (non-hydrogen) atoms. The molecule has 0 spiro atoms. The Bertz CT molecular complexity index is 715. The van der Waals surface area contributed by atoms with Crippen molar-refractivity contribution in [2.24, 2.45) is 0 Å². The SMILES string of the molecule is O=C1CCCN(C(=O)c2cncc(Br)c2)c2ccccc21. The van der Waals surface area contributed by atoms with Crippen molar-refractivity contribution in [1.82, 2.24) is 4.98 Å². The van der Waals surface area contributed by atoms with Gasteiger partial charge in [0, 0.05) is 35.4 Å². The van der Waals surface area contributed by atoms with Gasteiger partial charge in [0.25, 0.3) is 5.91 Å². The number of carbonyl (C=O) groups excluding carboxylic acids is 2. The summed E-state index contributed by atoms with van der Waals surface area (Å²) >= 11 is 3.32. The lowest BCUT2D eigenvalue weighted by Crippen LogP contribution is -2.31. The number of rotatable bonds is 1. The molecule has 0 bridgehead atoms. The molecular formula is C16H13BrN2O2. The minimum Gasteiger partial charge on any atom is -0.308 e. The highest BCUT2D eigenvalue weighted by molar-refractivity contribution is 9.10. The number of pyridine rings is 1. The first kappa shape index (κ1) is 13.9. The third kappa shape index (κ3) is 2.74. The van der Waals surface area contributed by atoms with Crippen molar-refractivity contribution in [3.63, 3.8) is 0 Å². The minimum absolute atomic E-state index is 0.0910. The molecule has 1 aromatic heterocycles. The highest BCUT2D eigenvalue weighted by Gasteiger charge is 2.25. The standard InChI is InChI=1S/C16H13BrN2O2/c17-12-8-11(9-18-10-12)16(21)19-7-3-6-15(20)13-4-1-2-5-14(13)19/h1-2,4-5,8-10H,3,6-7H2. The Morgan fingerprint density at radius 2 is 2.05 bits per heavy atom. The Morgan fingerprint density at radius 1 is 1.24 bits per heavy atom. The summed E-state index contributed by atoms with van der Waals surface area (Å²) in [5.41, 5.74) is 1.81. The lowest BCUT2D eigenvalue weighted by Gasteiger charge is -2.22. The number of hydrogen-bond donors (Lipinski definition) is 0. The van der Waals surface area contributed by atoms with E-state index in [9.17, 15) is 9.59 Å². The van der Waals surface area contributed by atoms with Gasteiger partial charge in [0.2, 0.25) is 0 Å². The summed E-state index contributed by atoms with van der Waals surface area (Å²) < 4.78 is 0.757. The van der Waals surface area contributed by atoms with Gasteiger partial charge in [-0.2, -0.15) is 0 Å². The van der Waals surface area contributed by atoms with Crippen LogP contribution in [-0.4, -0.2) is 23.2 Å². The summed E-state index contributed by atoms with van der Waals surface area (Å²) in [5.74, 6) is -0.0424. The van der Waals surface area contributed by atoms with E-state index in [1.165, 1.54) is 0 Å². The van der Waals surface area contributed by atoms with Crippen molar-refractivity contribution in [3.8, 4) is 0 Å². The summed E-state index contributed by atoms with van der Waals surface area (Å²) in [7, 11) is 0. The van der Waals surface area contributed by atoms with Crippen molar-refractivity contribution in [3.05, 3.63) is 58.3 Å². The average molecular weight is 345 g/mol. The maximum absolute atomic E-state index is 12.7. The Labute approximate surface area is 130 Å². The Balaban J connectivity index is 2.04. The number of fused-ring (bicyclic) bond motifs is 1. The van der Waals surface area contributed by atoms with Gasteiger partial charge >= 0.3 is 0 Å². The fraction of sp³-hybridized carbons (Fsp3) is 0.188. The quantitative estimate of drug-likeness (QED) is 0.795. The number of ketones is 1. The summed E-state index contributed by atoms with van der Waals surface area (Å²) in [6, 6.07) is 9.01. The first-order valence-corrected chi connectivity index (χ1v) is 7.51. The topological polar surface area (TPSA) is 50.3 Å². The van der Waals surface area contributed by atoms with Gasteiger partial charge < -0.3 is 4.90 Å². The van der Waals surface area contributed by atoms with Gasteiger partial charge in [0.1, 0.15) is 0 Å². The van der Waals surface area contributed by atoms with Crippen LogP contribution in [0.25, 0.3) is 0 Å². The van der Waals surface area contributed by atoms with Gasteiger partial charge in [-0.15, -0.1) is 0 Å². The number of aromatic nitrogens is 1. The lowest BCUT2D eigenvalue weighted by atomic mass is 10.1. The molecule has 2 heterocycles. The largest absolute Gasteiger partial charge is 0.308 e. The first-order chi connectivity index (χ1) is 10.2. The molecule has 3 rings (SSSR count). The van der Waals surface area contributed by atoms with Gasteiger partial charge in [0.05, 0.1) is 11.3 Å². The van der Waals surface area contributed by atoms with Gasteiger partial charge in [-0.05, 0) is 40.5 Å². The molecule has 0 aliphatic carbocycles. The fourth-order valence-electron chi connectivity index (χ4n) is 2.49. The fourth-order valence-corrected chi connectivity index (χ4v) is 2.86. The van der Waals surface area contributed by atoms with Crippen LogP contribution in [0.2, 0.25) is 0 Å². The van der Waals surface area contributed by atoms with Crippen molar-refractivity contribution >= 4 is 33.3 Å². The van der Waals surface area contributed by atoms with Crippen LogP contribution in [0.1, 0.15) is 33.6 Å². The van der Waals surface area contributed by atoms with Crippen LogP contribution in [0.5, 0.6) is 0 Å². The van der Waals surface area contributed by atoms with E-state index in [4.69, 9.17) is 0 Å². The molecule has 2 aromatic rings. The second kappa shape index (κ2) is 5.77. The molecule has 0 saturated heterocycles. The molecule has 106 valence electrons. The number of nitrogens with zero attached hydrogens (tertiary/aromatic N) is 2. The molecular weight excluding hydrogens is 332 g/mol. The number of Topliss-reactive ketones (excluding diaryl/α,β-unsaturated/α-hetero) is 1. The van der Waals surface area contributed by atoms with Crippen molar-refractivity contribution in [2.75, 3.05) is 11.4 Å². The zero-order valence-corrected chi connectivity index (χ0v) is 12.8. The lowest BCUT2D eigenvalue weighted by molar-refractivity contribution is 0.0973. The second-order valence-corrected chi connectivity index (χ2v) is 5.81. The van der Waals surface area contributed by atoms with E-state index in [2.05, 4.69) is 20.9 Å². The number of amides is 1. The Hall–Kier alpha value is -2.01. The summed E-state index contributed by atoms with van der Waals surface area (Å²) in [5, 5.41) is 0. The maximum atomic E-state index is 12.7. The number of para-hydroxylation sites is 1. The summed E-state index contributed by atoms with van der Waals surface area (Å²) in [6.07, 6.45) is 4.32. The molecule has 1 aliphatic rings. The Morgan fingerprint density at radius 3 is 2.86 bits per heavy atom. The van der Waals surface area contributed by atoms with E-state index in [1.54, 1.807) is 29.4 Å². The van der Waals surface area contributed by atoms with Crippen molar-refractivity contribution in [1.29, 1.82) is 0 Å². The molecule has 1 aromatic carbocycles. The van der Waals surface area contributed by atoms with Crippen LogP contribution in [0.3, 0.4) is 0 Å². The molecule has 0 N–H and O–H groups in total. The third-order valence-electron chi connectivity index (χ3n) is 3.48. The number of benzene rings is 1. The highest BCUT2D eigenvalue weighted by Crippen LogP contribution is 2.27. The minimum atomic E-state index is -0.133. The zero-order valence-electron chi connectivity index (χ0n) is 11.3. The summed E-state index contributed by atoms with van der Waals surface area (Å²) in [6.45, 7) is 0.536. The van der Waals surface area contributed by atoms with Gasteiger partial charge in [-0.1, -0.05) is 12.1 Å². The molecule has 0 radical (unpaired) electrons. The van der Waals surface area contributed by atoms with Gasteiger partial charge in [-0.25, -0.2) is 0 Å². The van der Waals surface area contributed by atoms with Gasteiger partial charge in [-0.3, -0.25) is 14.6 Å². The van der Waals surface area contributed by atoms with Crippen LogP contribution in [0.4, 0.5) is 5.69 Å². The molecule has 0 saturated carbocycles. The number of carbonyl (C=O) groups is 2. The highest BCUT2D eigenvalue weighted by atomic mass is 79.9. The second-order valence-electron chi connectivity index (χ2n) is 4.89. The third-order valence-corrected chi connectivity index (χ3v) is 3.91. The van der Waals surface area contributed by atoms with E-state index in [0.717, 1.165) is 4.47 Å². The smallest absolute Gasteiger partial charge is 0.259 e. The van der Waals surface area contributed by atoms with Crippen LogP contribution >= 0.6 is 15.9 Å². The number of anilines is 1. The molecule has 0 atom stereocenters. The van der Waals surface area contributed by atoms with E-state index < -0.39 is 0 Å². The molecule has 1 amide bonds. The van der Waals surface area contributed by atoms with Gasteiger partial charge in [0.15, 0.2) is 5.78 Å². The maximum Gasteiger partial charge on any atom is 0.259 e. The normalized spacial score (nSPS) is 14.5. The van der Waals surface area contributed by atoms with Crippen LogP contribution in [-0.2, 0) is 0 Å². The number of hydrogen-bond acceptors (Lipinski definition) is 3. The van der Waals surface area contributed by atoms with E-state index in [1.807, 2.05) is 18.2 Å². The average Bonchev–Trinajstić information content (AvgIpc) is 2.66. The number of halogens is 1. The summed E-state index contributed by atoms with van der Waals surface area (Å²) in [4.78, 5) is 30.5. The van der Waals surface area contributed by atoms with Crippen molar-refractivity contribution in [2.45, 2.75) is 12.8 Å². The molecule has 0 fully saturated rings. The first-order valence-electron chi connectivity index (χ1n) is 6.71.